The molecule has 0 heterocycles. The number of carbonyl (C=O) groups excluding carboxylic acids is 1. The maximum Gasteiger partial charge on any atom is 0.422 e. The number of hydrogen-bond acceptors (Lipinski definition) is 4. The summed E-state index contributed by atoms with van der Waals surface area (Å²) >= 11 is 0. The van der Waals surface area contributed by atoms with E-state index in [1.54, 1.807) is 0 Å². The zero-order valence-corrected chi connectivity index (χ0v) is 10.1. The molecule has 0 saturated heterocycles. The smallest absolute Gasteiger partial charge is 0.422 e. The monoisotopic (exact) mass is 307 g/mol. The second-order valence-corrected chi connectivity index (χ2v) is 3.73. The van der Waals surface area contributed by atoms with E-state index in [0.29, 0.717) is 0 Å². The lowest BCUT2D eigenvalue weighted by Gasteiger charge is -2.10. The van der Waals surface area contributed by atoms with Crippen molar-refractivity contribution in [1.29, 1.82) is 0 Å². The van der Waals surface area contributed by atoms with Crippen molar-refractivity contribution in [2.45, 2.75) is 6.18 Å². The van der Waals surface area contributed by atoms with Crippen LogP contribution in [0.1, 0.15) is 20.7 Å². The third-order valence-electron chi connectivity index (χ3n) is 2.04. The van der Waals surface area contributed by atoms with E-state index in [1.807, 2.05) is 5.32 Å². The minimum atomic E-state index is -4.72. The Balaban J connectivity index is 2.89. The fourth-order valence-electron chi connectivity index (χ4n) is 1.25. The fraction of sp³-hybridized carbons (Fsp3) is 0.182. The zero-order chi connectivity index (χ0) is 16.2. The van der Waals surface area contributed by atoms with Crippen molar-refractivity contribution in [1.82, 2.24) is 0 Å². The molecule has 0 unspecified atom stereocenters. The third kappa shape index (κ3) is 5.38. The number of nitrogens with one attached hydrogen (secondary N) is 1. The Hall–Kier alpha value is -2.78. The quantitative estimate of drug-likeness (QED) is 0.786. The molecule has 10 heteroatoms. The van der Waals surface area contributed by atoms with Crippen LogP contribution in [0.15, 0.2) is 18.2 Å². The number of carbonyl (C=O) groups is 3. The van der Waals surface area contributed by atoms with Crippen LogP contribution in [0.2, 0.25) is 0 Å². The van der Waals surface area contributed by atoms with E-state index < -0.39 is 41.9 Å². The molecule has 114 valence electrons. The van der Waals surface area contributed by atoms with Gasteiger partial charge in [0.1, 0.15) is 0 Å². The Morgan fingerprint density at radius 1 is 1.05 bits per heavy atom. The predicted octanol–water partition coefficient (Wildman–Crippen LogP) is 2.19. The number of hydrogen-bond donors (Lipinski definition) is 3. The number of ether oxygens (including phenoxy) is 1. The highest BCUT2D eigenvalue weighted by Crippen LogP contribution is 2.17. The highest BCUT2D eigenvalue weighted by Gasteiger charge is 2.29. The summed E-state index contributed by atoms with van der Waals surface area (Å²) in [6, 6.07) is 2.59. The van der Waals surface area contributed by atoms with Gasteiger partial charge in [-0.25, -0.2) is 14.4 Å². The summed E-state index contributed by atoms with van der Waals surface area (Å²) < 4.78 is 39.3. The molecule has 0 radical (unpaired) electrons. The van der Waals surface area contributed by atoms with Gasteiger partial charge in [0.05, 0.1) is 11.1 Å². The Morgan fingerprint density at radius 2 is 1.52 bits per heavy atom. The van der Waals surface area contributed by atoms with E-state index in [-0.39, 0.29) is 5.69 Å². The van der Waals surface area contributed by atoms with Crippen LogP contribution < -0.4 is 5.32 Å². The predicted molar refractivity (Wildman–Crippen MR) is 61.4 cm³/mol. The molecule has 1 rings (SSSR count). The number of halogens is 3. The minimum absolute atomic E-state index is 0.320. The van der Waals surface area contributed by atoms with Gasteiger partial charge in [0.15, 0.2) is 6.61 Å². The summed E-state index contributed by atoms with van der Waals surface area (Å²) in [7, 11) is 0. The summed E-state index contributed by atoms with van der Waals surface area (Å²) in [5.41, 5.74) is -1.23. The number of amides is 1. The van der Waals surface area contributed by atoms with E-state index >= 15 is 0 Å². The van der Waals surface area contributed by atoms with Crippen molar-refractivity contribution in [2.24, 2.45) is 0 Å². The second-order valence-electron chi connectivity index (χ2n) is 3.73. The lowest BCUT2D eigenvalue weighted by Crippen LogP contribution is -2.23. The van der Waals surface area contributed by atoms with Gasteiger partial charge >= 0.3 is 24.2 Å². The molecule has 0 spiro atoms. The summed E-state index contributed by atoms with van der Waals surface area (Å²) in [5.74, 6) is -2.94. The lowest BCUT2D eigenvalue weighted by atomic mass is 10.1. The standard InChI is InChI=1S/C11H8F3NO6/c12-11(13,14)4-21-10(20)15-7-2-5(8(16)17)1-6(3-7)9(18)19/h1-3H,4H2,(H,15,20)(H,16,17)(H,18,19). The van der Waals surface area contributed by atoms with Crippen molar-refractivity contribution in [2.75, 3.05) is 11.9 Å². The lowest BCUT2D eigenvalue weighted by molar-refractivity contribution is -0.159. The van der Waals surface area contributed by atoms with Gasteiger partial charge in [-0.15, -0.1) is 0 Å². The van der Waals surface area contributed by atoms with Crippen molar-refractivity contribution >= 4 is 23.7 Å². The number of rotatable bonds is 4. The largest absolute Gasteiger partial charge is 0.478 e. The van der Waals surface area contributed by atoms with Crippen molar-refractivity contribution in [3.05, 3.63) is 29.3 Å². The van der Waals surface area contributed by atoms with Gasteiger partial charge in [0.25, 0.3) is 0 Å². The van der Waals surface area contributed by atoms with Crippen LogP contribution in [0.25, 0.3) is 0 Å². The van der Waals surface area contributed by atoms with Gasteiger partial charge < -0.3 is 14.9 Å². The van der Waals surface area contributed by atoms with E-state index in [9.17, 15) is 27.6 Å². The molecule has 21 heavy (non-hydrogen) atoms. The van der Waals surface area contributed by atoms with Crippen LogP contribution >= 0.6 is 0 Å². The summed E-state index contributed by atoms with van der Waals surface area (Å²) in [4.78, 5) is 32.7. The van der Waals surface area contributed by atoms with Crippen LogP contribution in [0.5, 0.6) is 0 Å². The maximum atomic E-state index is 11.8. The number of alkyl halides is 3. The van der Waals surface area contributed by atoms with E-state index in [2.05, 4.69) is 4.74 Å². The van der Waals surface area contributed by atoms with Gasteiger partial charge in [-0.3, -0.25) is 5.32 Å². The van der Waals surface area contributed by atoms with E-state index in [0.717, 1.165) is 18.2 Å². The molecule has 7 nitrogen and oxygen atoms in total. The van der Waals surface area contributed by atoms with Crippen LogP contribution in [-0.4, -0.2) is 41.0 Å². The molecule has 0 aliphatic rings. The number of carboxylic acids is 2. The first-order valence-electron chi connectivity index (χ1n) is 5.20. The summed E-state index contributed by atoms with van der Waals surface area (Å²) in [5, 5.41) is 19.4. The third-order valence-corrected chi connectivity index (χ3v) is 2.04. The number of aromatic carboxylic acids is 2. The van der Waals surface area contributed by atoms with Crippen LogP contribution in [0, 0.1) is 0 Å². The molecule has 0 aromatic heterocycles. The molecule has 0 saturated carbocycles. The molecule has 1 aromatic carbocycles. The van der Waals surface area contributed by atoms with Crippen molar-refractivity contribution in [3.63, 3.8) is 0 Å². The molecule has 0 fully saturated rings. The molecule has 0 atom stereocenters. The van der Waals surface area contributed by atoms with Crippen molar-refractivity contribution < 1.29 is 42.5 Å². The molecular formula is C11H8F3NO6. The Labute approximate surface area is 114 Å². The van der Waals surface area contributed by atoms with Gasteiger partial charge in [-0.2, -0.15) is 13.2 Å². The molecule has 0 bridgehead atoms. The first-order valence-corrected chi connectivity index (χ1v) is 5.20. The fourth-order valence-corrected chi connectivity index (χ4v) is 1.25. The highest BCUT2D eigenvalue weighted by molar-refractivity contribution is 5.97. The Kier molecular flexibility index (Phi) is 4.74. The highest BCUT2D eigenvalue weighted by atomic mass is 19.4. The molecule has 1 aromatic rings. The molecule has 1 amide bonds. The minimum Gasteiger partial charge on any atom is -0.478 e. The zero-order valence-electron chi connectivity index (χ0n) is 10.1. The first-order chi connectivity index (χ1) is 9.58. The first kappa shape index (κ1) is 16.3. The topological polar surface area (TPSA) is 113 Å². The molecular weight excluding hydrogens is 299 g/mol. The number of carboxylic acid groups (broad SMARTS) is 2. The maximum absolute atomic E-state index is 11.8. The van der Waals surface area contributed by atoms with E-state index in [1.165, 1.54) is 0 Å². The second kappa shape index (κ2) is 6.11. The van der Waals surface area contributed by atoms with E-state index in [4.69, 9.17) is 10.2 Å². The average Bonchev–Trinajstić information content (AvgIpc) is 2.35. The molecule has 0 aliphatic heterocycles. The Morgan fingerprint density at radius 3 is 1.90 bits per heavy atom. The Bertz CT molecular complexity index is 552. The normalized spacial score (nSPS) is 10.8. The average molecular weight is 307 g/mol. The van der Waals surface area contributed by atoms with Crippen LogP contribution in [-0.2, 0) is 4.74 Å². The molecule has 3 N–H and O–H groups in total. The molecule has 0 aliphatic carbocycles. The SMILES string of the molecule is O=C(Nc1cc(C(=O)O)cc(C(=O)O)c1)OCC(F)(F)F. The number of benzene rings is 1. The van der Waals surface area contributed by atoms with Gasteiger partial charge in [0, 0.05) is 5.69 Å². The summed E-state index contributed by atoms with van der Waals surface area (Å²) in [6.45, 7) is -1.83. The number of anilines is 1. The van der Waals surface area contributed by atoms with Gasteiger partial charge in [-0.05, 0) is 18.2 Å². The summed E-state index contributed by atoms with van der Waals surface area (Å²) in [6.07, 6.45) is -6.21. The van der Waals surface area contributed by atoms with Crippen LogP contribution in [0.3, 0.4) is 0 Å². The van der Waals surface area contributed by atoms with Gasteiger partial charge in [0.2, 0.25) is 0 Å². The van der Waals surface area contributed by atoms with Gasteiger partial charge in [-0.1, -0.05) is 0 Å². The van der Waals surface area contributed by atoms with Crippen LogP contribution in [0.4, 0.5) is 23.7 Å². The van der Waals surface area contributed by atoms with Crippen molar-refractivity contribution in [3.8, 4) is 0 Å².